The van der Waals surface area contributed by atoms with Crippen LogP contribution in [0.3, 0.4) is 0 Å². The van der Waals surface area contributed by atoms with E-state index in [1.807, 2.05) is 0 Å². The first kappa shape index (κ1) is 20.5. The minimum absolute atomic E-state index is 0.159. The van der Waals surface area contributed by atoms with Crippen LogP contribution in [0.2, 0.25) is 0 Å². The molecule has 134 valence electrons. The lowest BCUT2D eigenvalue weighted by atomic mass is 9.95. The normalized spacial score (nSPS) is 14.9. The predicted molar refractivity (Wildman–Crippen MR) is 96.4 cm³/mol. The molecule has 0 aliphatic heterocycles. The fourth-order valence-electron chi connectivity index (χ4n) is 2.05. The smallest absolute Gasteiger partial charge is 0.316 e. The predicted octanol–water partition coefficient (Wildman–Crippen LogP) is 3.17. The van der Waals surface area contributed by atoms with Gasteiger partial charge in [-0.05, 0) is 44.7 Å². The van der Waals surface area contributed by atoms with E-state index in [4.69, 9.17) is 5.11 Å². The van der Waals surface area contributed by atoms with Crippen molar-refractivity contribution in [1.29, 1.82) is 0 Å². The molecule has 0 spiro atoms. The van der Waals surface area contributed by atoms with Crippen molar-refractivity contribution in [3.8, 4) is 0 Å². The number of rotatable bonds is 9. The van der Waals surface area contributed by atoms with Crippen LogP contribution in [0.15, 0.2) is 29.2 Å². The van der Waals surface area contributed by atoms with E-state index < -0.39 is 16.8 Å². The van der Waals surface area contributed by atoms with Crippen molar-refractivity contribution in [1.82, 2.24) is 5.32 Å². The van der Waals surface area contributed by atoms with Crippen LogP contribution in [-0.2, 0) is 4.79 Å². The van der Waals surface area contributed by atoms with Gasteiger partial charge in [0.15, 0.2) is 0 Å². The summed E-state index contributed by atoms with van der Waals surface area (Å²) in [5, 5.41) is 21.5. The van der Waals surface area contributed by atoms with Crippen molar-refractivity contribution < 1.29 is 19.8 Å². The topological polar surface area (TPSA) is 86.6 Å². The van der Waals surface area contributed by atoms with Gasteiger partial charge in [-0.2, -0.15) is 0 Å². The number of aliphatic hydroxyl groups is 1. The van der Waals surface area contributed by atoms with Crippen molar-refractivity contribution in [3.05, 3.63) is 29.8 Å². The number of amides is 1. The third kappa shape index (κ3) is 6.93. The summed E-state index contributed by atoms with van der Waals surface area (Å²) < 4.78 is 0. The third-order valence-corrected chi connectivity index (χ3v) is 4.84. The van der Waals surface area contributed by atoms with E-state index in [9.17, 15) is 14.7 Å². The molecule has 24 heavy (non-hydrogen) atoms. The number of thioether (sulfide) groups is 1. The number of aliphatic carboxylic acids is 1. The average Bonchev–Trinajstić information content (AvgIpc) is 2.51. The van der Waals surface area contributed by atoms with Crippen LogP contribution >= 0.6 is 11.8 Å². The average molecular weight is 353 g/mol. The van der Waals surface area contributed by atoms with Gasteiger partial charge in [0.25, 0.3) is 5.91 Å². The zero-order valence-electron chi connectivity index (χ0n) is 14.7. The zero-order chi connectivity index (χ0) is 18.3. The summed E-state index contributed by atoms with van der Waals surface area (Å²) in [6, 6.07) is 6.90. The molecule has 0 aliphatic carbocycles. The highest BCUT2D eigenvalue weighted by molar-refractivity contribution is 8.00. The molecule has 1 rings (SSSR count). The van der Waals surface area contributed by atoms with Gasteiger partial charge in [-0.25, -0.2) is 0 Å². The molecule has 6 heteroatoms. The Morgan fingerprint density at radius 1 is 1.25 bits per heavy atom. The Balaban J connectivity index is 2.73. The number of carboxylic acid groups (broad SMARTS) is 1. The molecule has 0 fully saturated rings. The Morgan fingerprint density at radius 3 is 2.46 bits per heavy atom. The highest BCUT2D eigenvalue weighted by Gasteiger charge is 2.23. The first-order valence-corrected chi connectivity index (χ1v) is 8.99. The van der Waals surface area contributed by atoms with E-state index in [-0.39, 0.29) is 12.5 Å². The lowest BCUT2D eigenvalue weighted by Gasteiger charge is -2.24. The molecule has 0 aliphatic rings. The van der Waals surface area contributed by atoms with Crippen LogP contribution in [0, 0.1) is 5.92 Å². The lowest BCUT2D eigenvalue weighted by Crippen LogP contribution is -2.41. The molecule has 0 bridgehead atoms. The molecule has 0 aromatic heterocycles. The summed E-state index contributed by atoms with van der Waals surface area (Å²) in [7, 11) is 0. The van der Waals surface area contributed by atoms with Crippen molar-refractivity contribution >= 4 is 23.6 Å². The molecular weight excluding hydrogens is 326 g/mol. The van der Waals surface area contributed by atoms with Gasteiger partial charge in [-0.3, -0.25) is 9.59 Å². The molecule has 0 saturated carbocycles. The Morgan fingerprint density at radius 2 is 1.88 bits per heavy atom. The van der Waals surface area contributed by atoms with Crippen molar-refractivity contribution in [2.75, 3.05) is 6.54 Å². The van der Waals surface area contributed by atoms with Gasteiger partial charge >= 0.3 is 5.97 Å². The van der Waals surface area contributed by atoms with Gasteiger partial charge < -0.3 is 15.5 Å². The maximum absolute atomic E-state index is 12.4. The summed E-state index contributed by atoms with van der Waals surface area (Å²) in [4.78, 5) is 24.1. The Labute approximate surface area is 147 Å². The lowest BCUT2D eigenvalue weighted by molar-refractivity contribution is -0.136. The summed E-state index contributed by atoms with van der Waals surface area (Å²) in [6.07, 6.45) is 1.49. The van der Waals surface area contributed by atoms with Gasteiger partial charge in [0.05, 0.1) is 11.2 Å². The highest BCUT2D eigenvalue weighted by Crippen LogP contribution is 2.27. The largest absolute Gasteiger partial charge is 0.480 e. The van der Waals surface area contributed by atoms with Crippen molar-refractivity contribution in [2.24, 2.45) is 5.92 Å². The van der Waals surface area contributed by atoms with Crippen LogP contribution in [0.25, 0.3) is 0 Å². The number of hydrogen-bond acceptors (Lipinski definition) is 4. The van der Waals surface area contributed by atoms with E-state index in [1.54, 1.807) is 38.1 Å². The highest BCUT2D eigenvalue weighted by atomic mass is 32.2. The number of carbonyl (C=O) groups excluding carboxylic acids is 1. The maximum atomic E-state index is 12.4. The van der Waals surface area contributed by atoms with E-state index >= 15 is 0 Å². The van der Waals surface area contributed by atoms with E-state index in [2.05, 4.69) is 19.2 Å². The van der Waals surface area contributed by atoms with Gasteiger partial charge in [-0.1, -0.05) is 26.0 Å². The Hall–Kier alpha value is -1.53. The van der Waals surface area contributed by atoms with Crippen LogP contribution in [-0.4, -0.2) is 39.5 Å². The zero-order valence-corrected chi connectivity index (χ0v) is 15.5. The molecule has 1 amide bonds. The monoisotopic (exact) mass is 353 g/mol. The number of nitrogens with one attached hydrogen (secondary N) is 1. The quantitative estimate of drug-likeness (QED) is 0.594. The molecule has 0 heterocycles. The molecule has 1 aromatic rings. The van der Waals surface area contributed by atoms with E-state index in [0.29, 0.717) is 22.8 Å². The summed E-state index contributed by atoms with van der Waals surface area (Å²) in [5.41, 5.74) is -0.536. The van der Waals surface area contributed by atoms with Crippen molar-refractivity contribution in [3.63, 3.8) is 0 Å². The fraction of sp³-hybridized carbons (Fsp3) is 0.556. The summed E-state index contributed by atoms with van der Waals surface area (Å²) >= 11 is 1.13. The maximum Gasteiger partial charge on any atom is 0.316 e. The minimum Gasteiger partial charge on any atom is -0.480 e. The minimum atomic E-state index is -0.962. The number of carbonyl (C=O) groups is 2. The first-order valence-electron chi connectivity index (χ1n) is 8.11. The summed E-state index contributed by atoms with van der Waals surface area (Å²) in [5.74, 6) is -0.742. The third-order valence-electron chi connectivity index (χ3n) is 3.67. The van der Waals surface area contributed by atoms with E-state index in [0.717, 1.165) is 18.2 Å². The Kier molecular flexibility index (Phi) is 7.76. The number of hydrogen-bond donors (Lipinski definition) is 3. The number of benzene rings is 1. The van der Waals surface area contributed by atoms with Crippen LogP contribution < -0.4 is 5.32 Å². The van der Waals surface area contributed by atoms with Gasteiger partial charge in [0, 0.05) is 11.4 Å². The van der Waals surface area contributed by atoms with Crippen LogP contribution in [0.5, 0.6) is 0 Å². The molecule has 5 nitrogen and oxygen atoms in total. The molecule has 2 atom stereocenters. The second-order valence-electron chi connectivity index (χ2n) is 6.71. The second kappa shape index (κ2) is 9.08. The fourth-order valence-corrected chi connectivity index (χ4v) is 2.98. The van der Waals surface area contributed by atoms with Crippen LogP contribution in [0.4, 0.5) is 0 Å². The van der Waals surface area contributed by atoms with Crippen LogP contribution in [0.1, 0.15) is 50.9 Å². The first-order chi connectivity index (χ1) is 11.1. The second-order valence-corrected chi connectivity index (χ2v) is 8.09. The van der Waals surface area contributed by atoms with E-state index in [1.165, 1.54) is 0 Å². The molecule has 0 saturated heterocycles. The molecule has 1 aromatic carbocycles. The van der Waals surface area contributed by atoms with Gasteiger partial charge in [0.1, 0.15) is 5.25 Å². The number of carboxylic acids is 1. The molecule has 3 N–H and O–H groups in total. The summed E-state index contributed by atoms with van der Waals surface area (Å²) in [6.45, 7) is 7.63. The van der Waals surface area contributed by atoms with Crippen molar-refractivity contribution in [2.45, 2.75) is 56.3 Å². The van der Waals surface area contributed by atoms with Gasteiger partial charge in [0.2, 0.25) is 0 Å². The standard InChI is InChI=1S/C18H27NO4S/c1-12(2)9-10-18(4,23)11-19-16(20)14-7-5-6-8-15(14)24-13(3)17(21)22/h5-8,12-13,23H,9-11H2,1-4H3,(H,19,20)(H,21,22). The molecule has 2 unspecified atom stereocenters. The Bertz CT molecular complexity index is 572. The van der Waals surface area contributed by atoms with Gasteiger partial charge in [-0.15, -0.1) is 11.8 Å². The molecular formula is C18H27NO4S. The molecule has 0 radical (unpaired) electrons. The SMILES string of the molecule is CC(C)CCC(C)(O)CNC(=O)c1ccccc1SC(C)C(=O)O.